The summed E-state index contributed by atoms with van der Waals surface area (Å²) in [6.07, 6.45) is -2.47. The third-order valence-corrected chi connectivity index (χ3v) is 6.71. The van der Waals surface area contributed by atoms with Crippen molar-refractivity contribution in [2.45, 2.75) is 45.6 Å². The summed E-state index contributed by atoms with van der Waals surface area (Å²) in [5.41, 5.74) is 3.34. The van der Waals surface area contributed by atoms with E-state index in [-0.39, 0.29) is 12.5 Å². The molecule has 2 aromatic carbocycles. The van der Waals surface area contributed by atoms with Crippen molar-refractivity contribution in [1.82, 2.24) is 10.2 Å². The van der Waals surface area contributed by atoms with Crippen LogP contribution in [0.5, 0.6) is 0 Å². The molecule has 4 rings (SSSR count). The second-order valence-corrected chi connectivity index (χ2v) is 9.47. The van der Waals surface area contributed by atoms with E-state index < -0.39 is 36.0 Å². The number of carbonyl (C=O) groups is 4. The van der Waals surface area contributed by atoms with E-state index in [0.717, 1.165) is 43.6 Å². The maximum absolute atomic E-state index is 13.4. The molecule has 1 N–H and O–H groups in total. The number of hydrogen-bond acceptors (Lipinski definition) is 7. The SMILES string of the molecule is [C-]#[N+]c1ccccc1N1CCC(CNC(=O)[C@H](OC(C)=O)[C@@H](OC(C)=O)C(=O)N2Cc3ccccc3C2)C1. The maximum Gasteiger partial charge on any atom is 0.303 e. The summed E-state index contributed by atoms with van der Waals surface area (Å²) in [7, 11) is 0. The molecular formula is C28H30N4O6. The lowest BCUT2D eigenvalue weighted by atomic mass is 10.1. The van der Waals surface area contributed by atoms with Gasteiger partial charge in [0.15, 0.2) is 0 Å². The van der Waals surface area contributed by atoms with Gasteiger partial charge in [0.1, 0.15) is 0 Å². The zero-order valence-corrected chi connectivity index (χ0v) is 21.4. The molecule has 2 aliphatic heterocycles. The van der Waals surface area contributed by atoms with Crippen LogP contribution >= 0.6 is 0 Å². The Hall–Kier alpha value is -4.39. The van der Waals surface area contributed by atoms with E-state index in [1.165, 1.54) is 4.90 Å². The van der Waals surface area contributed by atoms with Crippen LogP contribution in [0, 0.1) is 12.5 Å². The minimum atomic E-state index is -1.63. The summed E-state index contributed by atoms with van der Waals surface area (Å²) in [5, 5.41) is 2.78. The number of esters is 2. The van der Waals surface area contributed by atoms with Crippen LogP contribution in [-0.2, 0) is 41.7 Å². The third-order valence-electron chi connectivity index (χ3n) is 6.71. The van der Waals surface area contributed by atoms with Crippen molar-refractivity contribution in [3.63, 3.8) is 0 Å². The van der Waals surface area contributed by atoms with Crippen molar-refractivity contribution in [2.75, 3.05) is 24.5 Å². The van der Waals surface area contributed by atoms with Crippen molar-refractivity contribution in [1.29, 1.82) is 0 Å². The zero-order chi connectivity index (χ0) is 27.2. The van der Waals surface area contributed by atoms with Crippen LogP contribution in [0.2, 0.25) is 0 Å². The number of anilines is 1. The fourth-order valence-electron chi connectivity index (χ4n) is 4.91. The summed E-state index contributed by atoms with van der Waals surface area (Å²) in [5.74, 6) is -2.79. The Kier molecular flexibility index (Phi) is 8.26. The van der Waals surface area contributed by atoms with E-state index in [1.807, 2.05) is 42.5 Å². The molecule has 0 bridgehead atoms. The molecule has 10 nitrogen and oxygen atoms in total. The van der Waals surface area contributed by atoms with Gasteiger partial charge in [0.05, 0.1) is 6.57 Å². The lowest BCUT2D eigenvalue weighted by molar-refractivity contribution is -0.178. The highest BCUT2D eigenvalue weighted by molar-refractivity contribution is 5.93. The van der Waals surface area contributed by atoms with Crippen molar-refractivity contribution < 1.29 is 28.7 Å². The van der Waals surface area contributed by atoms with E-state index >= 15 is 0 Å². The Balaban J connectivity index is 1.44. The van der Waals surface area contributed by atoms with Crippen LogP contribution < -0.4 is 10.2 Å². The first-order valence-corrected chi connectivity index (χ1v) is 12.5. The average Bonchev–Trinajstić information content (AvgIpc) is 3.56. The Morgan fingerprint density at radius 3 is 2.21 bits per heavy atom. The van der Waals surface area contributed by atoms with Crippen LogP contribution in [0.3, 0.4) is 0 Å². The van der Waals surface area contributed by atoms with Gasteiger partial charge in [-0.3, -0.25) is 19.2 Å². The second kappa shape index (κ2) is 11.8. The van der Waals surface area contributed by atoms with Crippen molar-refractivity contribution in [2.24, 2.45) is 5.92 Å². The Bertz CT molecular complexity index is 1250. The monoisotopic (exact) mass is 518 g/mol. The van der Waals surface area contributed by atoms with Gasteiger partial charge in [-0.2, -0.15) is 0 Å². The number of nitrogens with zero attached hydrogens (tertiary/aromatic N) is 3. The molecule has 0 aromatic heterocycles. The Morgan fingerprint density at radius 1 is 0.974 bits per heavy atom. The van der Waals surface area contributed by atoms with E-state index in [1.54, 1.807) is 6.07 Å². The quantitative estimate of drug-likeness (QED) is 0.423. The Labute approximate surface area is 221 Å². The van der Waals surface area contributed by atoms with Crippen molar-refractivity contribution in [3.8, 4) is 0 Å². The number of carbonyl (C=O) groups excluding carboxylic acids is 4. The highest BCUT2D eigenvalue weighted by Crippen LogP contribution is 2.32. The molecule has 3 atom stereocenters. The van der Waals surface area contributed by atoms with Gasteiger partial charge in [-0.1, -0.05) is 42.5 Å². The molecule has 0 radical (unpaired) electrons. The summed E-state index contributed by atoms with van der Waals surface area (Å²) < 4.78 is 10.5. The highest BCUT2D eigenvalue weighted by atomic mass is 16.6. The van der Waals surface area contributed by atoms with Gasteiger partial charge >= 0.3 is 11.9 Å². The number of nitrogens with one attached hydrogen (secondary N) is 1. The van der Waals surface area contributed by atoms with E-state index in [4.69, 9.17) is 16.0 Å². The number of fused-ring (bicyclic) bond motifs is 1. The molecule has 0 aliphatic carbocycles. The van der Waals surface area contributed by atoms with Crippen LogP contribution in [0.4, 0.5) is 11.4 Å². The molecule has 1 saturated heterocycles. The van der Waals surface area contributed by atoms with E-state index in [0.29, 0.717) is 25.3 Å². The van der Waals surface area contributed by atoms with Crippen molar-refractivity contribution in [3.05, 3.63) is 71.1 Å². The summed E-state index contributed by atoms with van der Waals surface area (Å²) >= 11 is 0. The number of rotatable bonds is 8. The molecule has 0 spiro atoms. The van der Waals surface area contributed by atoms with Gasteiger partial charge in [-0.15, -0.1) is 0 Å². The van der Waals surface area contributed by atoms with Gasteiger partial charge < -0.3 is 24.6 Å². The van der Waals surface area contributed by atoms with Gasteiger partial charge in [-0.05, 0) is 29.5 Å². The highest BCUT2D eigenvalue weighted by Gasteiger charge is 2.43. The number of benzene rings is 2. The van der Waals surface area contributed by atoms with E-state index in [2.05, 4.69) is 15.1 Å². The fraction of sp³-hybridized carbons (Fsp3) is 0.393. The molecule has 1 fully saturated rings. The van der Waals surface area contributed by atoms with Crippen LogP contribution in [0.1, 0.15) is 31.4 Å². The molecule has 2 amide bonds. The average molecular weight is 519 g/mol. The Morgan fingerprint density at radius 2 is 1.58 bits per heavy atom. The maximum atomic E-state index is 13.4. The van der Waals surface area contributed by atoms with Gasteiger partial charge in [0.2, 0.25) is 17.9 Å². The van der Waals surface area contributed by atoms with Crippen molar-refractivity contribution >= 4 is 35.1 Å². The molecular weight excluding hydrogens is 488 g/mol. The number of para-hydroxylation sites is 2. The zero-order valence-electron chi connectivity index (χ0n) is 21.4. The normalized spacial score (nSPS) is 17.7. The summed E-state index contributed by atoms with van der Waals surface area (Å²) in [6, 6.07) is 14.9. The molecule has 1 unspecified atom stereocenters. The first-order chi connectivity index (χ1) is 18.3. The minimum absolute atomic E-state index is 0.0756. The molecule has 10 heteroatoms. The predicted molar refractivity (Wildman–Crippen MR) is 138 cm³/mol. The first-order valence-electron chi connectivity index (χ1n) is 12.5. The third kappa shape index (κ3) is 6.11. The number of ether oxygens (including phenoxy) is 2. The van der Waals surface area contributed by atoms with Crippen LogP contribution in [0.25, 0.3) is 4.85 Å². The number of hydrogen-bond donors (Lipinski definition) is 1. The molecule has 2 aliphatic rings. The molecule has 2 aromatic rings. The number of amides is 2. The van der Waals surface area contributed by atoms with Gasteiger partial charge in [-0.25, -0.2) is 4.85 Å². The largest absolute Gasteiger partial charge is 0.448 e. The smallest absolute Gasteiger partial charge is 0.303 e. The first kappa shape index (κ1) is 26.7. The summed E-state index contributed by atoms with van der Waals surface area (Å²) in [4.78, 5) is 57.6. The standard InChI is InChI=1S/C28H30N4O6/c1-18(33)37-25(26(38-19(2)34)28(36)32-16-21-8-4-5-9-22(21)17-32)27(35)30-14-20-12-13-31(15-20)24-11-7-6-10-23(24)29-3/h4-11,20,25-26H,12-17H2,1-2H3,(H,30,35)/t20?,25-,26-/m1/s1. The molecule has 2 heterocycles. The van der Waals surface area contributed by atoms with E-state index in [9.17, 15) is 19.2 Å². The lowest BCUT2D eigenvalue weighted by Crippen LogP contribution is -2.53. The van der Waals surface area contributed by atoms with Gasteiger partial charge in [0, 0.05) is 52.3 Å². The predicted octanol–water partition coefficient (Wildman–Crippen LogP) is 2.59. The van der Waals surface area contributed by atoms with Crippen LogP contribution in [-0.4, -0.2) is 60.5 Å². The van der Waals surface area contributed by atoms with Gasteiger partial charge in [0.25, 0.3) is 11.8 Å². The summed E-state index contributed by atoms with van der Waals surface area (Å²) in [6.45, 7) is 11.9. The molecule has 38 heavy (non-hydrogen) atoms. The topological polar surface area (TPSA) is 110 Å². The molecule has 198 valence electrons. The lowest BCUT2D eigenvalue weighted by Gasteiger charge is -2.28. The fourth-order valence-corrected chi connectivity index (χ4v) is 4.91. The second-order valence-electron chi connectivity index (χ2n) is 9.47. The molecule has 0 saturated carbocycles. The van der Waals surface area contributed by atoms with Crippen LogP contribution in [0.15, 0.2) is 48.5 Å². The minimum Gasteiger partial charge on any atom is -0.448 e.